The second-order valence-electron chi connectivity index (χ2n) is 5.68. The number of esters is 2. The van der Waals surface area contributed by atoms with E-state index in [0.29, 0.717) is 18.6 Å². The summed E-state index contributed by atoms with van der Waals surface area (Å²) in [6.45, 7) is 4.15. The summed E-state index contributed by atoms with van der Waals surface area (Å²) in [7, 11) is 1.53. The standard InChI is InChI=1S/C19H28O5/c1-4-6-8-10-18(20)23-16-13-12-15(22-3)14-17(16)24-19(21)11-9-7-5-2/h12-14H,4-11H2,1-3H3. The van der Waals surface area contributed by atoms with Crippen LogP contribution in [-0.2, 0) is 9.59 Å². The topological polar surface area (TPSA) is 61.8 Å². The first kappa shape index (κ1) is 20.0. The number of methoxy groups -OCH3 is 1. The molecule has 1 aromatic rings. The molecule has 134 valence electrons. The number of unbranched alkanes of at least 4 members (excludes halogenated alkanes) is 4. The van der Waals surface area contributed by atoms with Crippen LogP contribution in [0.5, 0.6) is 17.2 Å². The highest BCUT2D eigenvalue weighted by atomic mass is 16.6. The predicted molar refractivity (Wildman–Crippen MR) is 92.5 cm³/mol. The van der Waals surface area contributed by atoms with Crippen LogP contribution >= 0.6 is 0 Å². The molecule has 0 radical (unpaired) electrons. The fraction of sp³-hybridized carbons (Fsp3) is 0.579. The number of hydrogen-bond acceptors (Lipinski definition) is 5. The van der Waals surface area contributed by atoms with Crippen molar-refractivity contribution in [3.05, 3.63) is 18.2 Å². The summed E-state index contributed by atoms with van der Waals surface area (Å²) in [5, 5.41) is 0. The van der Waals surface area contributed by atoms with Crippen molar-refractivity contribution in [1.29, 1.82) is 0 Å². The van der Waals surface area contributed by atoms with Gasteiger partial charge in [0.2, 0.25) is 0 Å². The highest BCUT2D eigenvalue weighted by Gasteiger charge is 2.15. The summed E-state index contributed by atoms with van der Waals surface area (Å²) in [5.74, 6) is 0.356. The SMILES string of the molecule is CCCCCC(=O)Oc1ccc(OC)cc1OC(=O)CCCCC. The molecule has 0 saturated carbocycles. The van der Waals surface area contributed by atoms with Gasteiger partial charge in [-0.3, -0.25) is 9.59 Å². The van der Waals surface area contributed by atoms with Gasteiger partial charge in [0.15, 0.2) is 11.5 Å². The highest BCUT2D eigenvalue weighted by molar-refractivity contribution is 5.76. The van der Waals surface area contributed by atoms with Crippen molar-refractivity contribution in [2.45, 2.75) is 65.2 Å². The fourth-order valence-electron chi connectivity index (χ4n) is 2.17. The average Bonchev–Trinajstić information content (AvgIpc) is 2.57. The van der Waals surface area contributed by atoms with Crippen LogP contribution in [0.3, 0.4) is 0 Å². The summed E-state index contributed by atoms with van der Waals surface area (Å²) in [6, 6.07) is 4.82. The minimum Gasteiger partial charge on any atom is -0.497 e. The van der Waals surface area contributed by atoms with Crippen LogP contribution in [0.1, 0.15) is 65.2 Å². The molecule has 0 aliphatic rings. The molecule has 0 N–H and O–H groups in total. The largest absolute Gasteiger partial charge is 0.497 e. The van der Waals surface area contributed by atoms with Gasteiger partial charge in [0.1, 0.15) is 5.75 Å². The van der Waals surface area contributed by atoms with Crippen LogP contribution < -0.4 is 14.2 Å². The molecule has 1 rings (SSSR count). The molecule has 5 nitrogen and oxygen atoms in total. The lowest BCUT2D eigenvalue weighted by atomic mass is 10.2. The Morgan fingerprint density at radius 3 is 1.88 bits per heavy atom. The Bertz CT molecular complexity index is 524. The van der Waals surface area contributed by atoms with Crippen molar-refractivity contribution in [3.8, 4) is 17.2 Å². The lowest BCUT2D eigenvalue weighted by Gasteiger charge is -2.12. The monoisotopic (exact) mass is 336 g/mol. The van der Waals surface area contributed by atoms with Crippen LogP contribution in [0.15, 0.2) is 18.2 Å². The van der Waals surface area contributed by atoms with Crippen molar-refractivity contribution in [3.63, 3.8) is 0 Å². The van der Waals surface area contributed by atoms with Crippen LogP contribution in [0.4, 0.5) is 0 Å². The van der Waals surface area contributed by atoms with Crippen LogP contribution in [-0.4, -0.2) is 19.0 Å². The van der Waals surface area contributed by atoms with Gasteiger partial charge < -0.3 is 14.2 Å². The summed E-state index contributed by atoms with van der Waals surface area (Å²) in [6.07, 6.45) is 6.30. The molecule has 0 aliphatic carbocycles. The van der Waals surface area contributed by atoms with E-state index < -0.39 is 0 Å². The molecule has 0 amide bonds. The third-order valence-corrected chi connectivity index (χ3v) is 3.57. The van der Waals surface area contributed by atoms with Gasteiger partial charge >= 0.3 is 11.9 Å². The van der Waals surface area contributed by atoms with Crippen molar-refractivity contribution in [1.82, 2.24) is 0 Å². The number of ether oxygens (including phenoxy) is 3. The number of rotatable bonds is 11. The Kier molecular flexibility index (Phi) is 9.58. The fourth-order valence-corrected chi connectivity index (χ4v) is 2.17. The number of benzene rings is 1. The van der Waals surface area contributed by atoms with E-state index in [1.165, 1.54) is 7.11 Å². The second-order valence-corrected chi connectivity index (χ2v) is 5.68. The first-order chi connectivity index (χ1) is 11.6. The van der Waals surface area contributed by atoms with Crippen molar-refractivity contribution in [2.75, 3.05) is 7.11 Å². The number of carbonyl (C=O) groups is 2. The number of carbonyl (C=O) groups excluding carboxylic acids is 2. The van der Waals surface area contributed by atoms with Gasteiger partial charge in [-0.15, -0.1) is 0 Å². The third-order valence-electron chi connectivity index (χ3n) is 3.57. The van der Waals surface area contributed by atoms with Crippen LogP contribution in [0, 0.1) is 0 Å². The summed E-state index contributed by atoms with van der Waals surface area (Å²) >= 11 is 0. The summed E-state index contributed by atoms with van der Waals surface area (Å²) in [4.78, 5) is 23.8. The van der Waals surface area contributed by atoms with E-state index in [4.69, 9.17) is 14.2 Å². The maximum absolute atomic E-state index is 11.9. The lowest BCUT2D eigenvalue weighted by Crippen LogP contribution is -2.12. The Hall–Kier alpha value is -2.04. The Morgan fingerprint density at radius 1 is 0.833 bits per heavy atom. The van der Waals surface area contributed by atoms with Gasteiger partial charge in [0, 0.05) is 18.9 Å². The van der Waals surface area contributed by atoms with E-state index in [1.54, 1.807) is 18.2 Å². The molecular formula is C19H28O5. The number of hydrogen-bond donors (Lipinski definition) is 0. The zero-order valence-corrected chi connectivity index (χ0v) is 14.9. The molecule has 0 atom stereocenters. The van der Waals surface area contributed by atoms with Crippen molar-refractivity contribution >= 4 is 11.9 Å². The van der Waals surface area contributed by atoms with E-state index >= 15 is 0 Å². The zero-order chi connectivity index (χ0) is 17.8. The molecule has 24 heavy (non-hydrogen) atoms. The normalized spacial score (nSPS) is 10.3. The zero-order valence-electron chi connectivity index (χ0n) is 14.9. The van der Waals surface area contributed by atoms with E-state index in [2.05, 4.69) is 13.8 Å². The first-order valence-electron chi connectivity index (χ1n) is 8.70. The van der Waals surface area contributed by atoms with Crippen molar-refractivity contribution in [2.24, 2.45) is 0 Å². The molecule has 5 heteroatoms. The predicted octanol–water partition coefficient (Wildman–Crippen LogP) is 4.67. The Morgan fingerprint density at radius 2 is 1.38 bits per heavy atom. The molecule has 0 heterocycles. The Labute approximate surface area is 144 Å². The van der Waals surface area contributed by atoms with Gasteiger partial charge in [-0.25, -0.2) is 0 Å². The van der Waals surface area contributed by atoms with E-state index in [-0.39, 0.29) is 23.4 Å². The van der Waals surface area contributed by atoms with Crippen LogP contribution in [0.25, 0.3) is 0 Å². The summed E-state index contributed by atoms with van der Waals surface area (Å²) < 4.78 is 15.9. The van der Waals surface area contributed by atoms with Gasteiger partial charge in [0.25, 0.3) is 0 Å². The molecule has 0 unspecified atom stereocenters. The highest BCUT2D eigenvalue weighted by Crippen LogP contribution is 2.32. The molecular weight excluding hydrogens is 308 g/mol. The summed E-state index contributed by atoms with van der Waals surface area (Å²) in [5.41, 5.74) is 0. The molecule has 0 saturated heterocycles. The van der Waals surface area contributed by atoms with Gasteiger partial charge in [-0.2, -0.15) is 0 Å². The van der Waals surface area contributed by atoms with Crippen molar-refractivity contribution < 1.29 is 23.8 Å². The van der Waals surface area contributed by atoms with Crippen LogP contribution in [0.2, 0.25) is 0 Å². The molecule has 0 bridgehead atoms. The van der Waals surface area contributed by atoms with Gasteiger partial charge in [-0.05, 0) is 25.0 Å². The maximum atomic E-state index is 11.9. The smallest absolute Gasteiger partial charge is 0.311 e. The minimum atomic E-state index is -0.333. The second kappa shape index (κ2) is 11.5. The van der Waals surface area contributed by atoms with Gasteiger partial charge in [-0.1, -0.05) is 39.5 Å². The Balaban J connectivity index is 2.72. The van der Waals surface area contributed by atoms with E-state index in [1.807, 2.05) is 0 Å². The average molecular weight is 336 g/mol. The lowest BCUT2D eigenvalue weighted by molar-refractivity contribution is -0.137. The first-order valence-corrected chi connectivity index (χ1v) is 8.70. The van der Waals surface area contributed by atoms with E-state index in [0.717, 1.165) is 38.5 Å². The van der Waals surface area contributed by atoms with E-state index in [9.17, 15) is 9.59 Å². The van der Waals surface area contributed by atoms with Gasteiger partial charge in [0.05, 0.1) is 7.11 Å². The third kappa shape index (κ3) is 7.49. The molecule has 0 spiro atoms. The molecule has 0 aromatic heterocycles. The maximum Gasteiger partial charge on any atom is 0.311 e. The molecule has 0 fully saturated rings. The minimum absolute atomic E-state index is 0.222. The molecule has 1 aromatic carbocycles. The molecule has 0 aliphatic heterocycles. The quantitative estimate of drug-likeness (QED) is 0.334.